The third-order valence-electron chi connectivity index (χ3n) is 4.45. The molecule has 2 atom stereocenters. The van der Waals surface area contributed by atoms with Crippen LogP contribution in [0.1, 0.15) is 22.9 Å². The summed E-state index contributed by atoms with van der Waals surface area (Å²) in [6.45, 7) is -0.0264. The Kier molecular flexibility index (Phi) is 4.31. The van der Waals surface area contributed by atoms with Gasteiger partial charge in [0.05, 0.1) is 17.6 Å². The van der Waals surface area contributed by atoms with E-state index in [1.165, 1.54) is 22.9 Å². The van der Waals surface area contributed by atoms with Gasteiger partial charge in [-0.2, -0.15) is 18.3 Å². The largest absolute Gasteiger partial charge is 0.479 e. The van der Waals surface area contributed by atoms with E-state index in [1.807, 2.05) is 0 Å². The van der Waals surface area contributed by atoms with Crippen molar-refractivity contribution in [2.75, 3.05) is 0 Å². The summed E-state index contributed by atoms with van der Waals surface area (Å²) in [5.41, 5.74) is -0.0495. The lowest BCUT2D eigenvalue weighted by atomic mass is 10.1. The van der Waals surface area contributed by atoms with Crippen LogP contribution in [0.4, 0.5) is 17.6 Å². The van der Waals surface area contributed by atoms with Crippen molar-refractivity contribution in [1.82, 2.24) is 9.78 Å². The molecule has 2 aromatic carbocycles. The van der Waals surface area contributed by atoms with Gasteiger partial charge >= 0.3 is 12.1 Å². The van der Waals surface area contributed by atoms with Crippen LogP contribution in [-0.4, -0.2) is 27.0 Å². The lowest BCUT2D eigenvalue weighted by molar-refractivity contribution is -0.138. The Morgan fingerprint density at radius 2 is 2.00 bits per heavy atom. The highest BCUT2D eigenvalue weighted by Crippen LogP contribution is 2.42. The van der Waals surface area contributed by atoms with Crippen molar-refractivity contribution in [3.05, 3.63) is 64.1 Å². The van der Waals surface area contributed by atoms with Gasteiger partial charge in [0.1, 0.15) is 17.6 Å². The third-order valence-corrected chi connectivity index (χ3v) is 4.80. The molecule has 0 aliphatic carbocycles. The van der Waals surface area contributed by atoms with Gasteiger partial charge in [-0.25, -0.2) is 9.18 Å². The van der Waals surface area contributed by atoms with Gasteiger partial charge in [0, 0.05) is 10.4 Å². The molecule has 4 rings (SSSR count). The zero-order valence-electron chi connectivity index (χ0n) is 13.9. The van der Waals surface area contributed by atoms with Crippen LogP contribution in [0.5, 0.6) is 0 Å². The second kappa shape index (κ2) is 6.46. The van der Waals surface area contributed by atoms with Crippen molar-refractivity contribution in [3.63, 3.8) is 0 Å². The van der Waals surface area contributed by atoms with Crippen LogP contribution in [0.15, 0.2) is 36.4 Å². The van der Waals surface area contributed by atoms with E-state index in [4.69, 9.17) is 21.4 Å². The summed E-state index contributed by atoms with van der Waals surface area (Å²) in [6.07, 6.45) is -6.50. The predicted octanol–water partition coefficient (Wildman–Crippen LogP) is 4.42. The number of rotatable bonds is 4. The van der Waals surface area contributed by atoms with Crippen LogP contribution in [0.3, 0.4) is 0 Å². The number of hydrogen-bond donors (Lipinski definition) is 1. The number of alkyl halides is 3. The molecule has 2 heterocycles. The lowest BCUT2D eigenvalue weighted by Crippen LogP contribution is -2.07. The maximum atomic E-state index is 13.3. The monoisotopic (exact) mass is 414 g/mol. The van der Waals surface area contributed by atoms with E-state index in [-0.39, 0.29) is 22.8 Å². The molecule has 1 aliphatic rings. The third kappa shape index (κ3) is 3.31. The highest BCUT2D eigenvalue weighted by Gasteiger charge is 2.49. The topological polar surface area (TPSA) is 67.7 Å². The highest BCUT2D eigenvalue weighted by molar-refractivity contribution is 6.31. The van der Waals surface area contributed by atoms with Crippen molar-refractivity contribution in [2.45, 2.75) is 24.9 Å². The van der Waals surface area contributed by atoms with E-state index >= 15 is 0 Å². The van der Waals surface area contributed by atoms with Crippen LogP contribution < -0.4 is 0 Å². The van der Waals surface area contributed by atoms with Crippen LogP contribution in [0.2, 0.25) is 5.02 Å². The number of fused-ring (bicyclic) bond motifs is 1. The summed E-state index contributed by atoms with van der Waals surface area (Å²) >= 11 is 6.02. The minimum atomic E-state index is -4.56. The number of halogens is 5. The minimum Gasteiger partial charge on any atom is -0.479 e. The van der Waals surface area contributed by atoms with E-state index in [0.717, 1.165) is 18.2 Å². The summed E-state index contributed by atoms with van der Waals surface area (Å²) < 4.78 is 59.0. The Morgan fingerprint density at radius 3 is 2.61 bits per heavy atom. The fourth-order valence-corrected chi connectivity index (χ4v) is 3.25. The number of aliphatic carboxylic acids is 1. The number of aromatic nitrogens is 2. The van der Waals surface area contributed by atoms with Gasteiger partial charge in [-0.1, -0.05) is 23.7 Å². The molecule has 10 heteroatoms. The number of hydrogen-bond acceptors (Lipinski definition) is 3. The first-order valence-electron chi connectivity index (χ1n) is 8.05. The number of carboxylic acids is 1. The van der Waals surface area contributed by atoms with E-state index in [2.05, 4.69) is 5.10 Å². The first kappa shape index (κ1) is 18.7. The van der Waals surface area contributed by atoms with Gasteiger partial charge < -0.3 is 9.84 Å². The Balaban J connectivity index is 1.82. The number of carbonyl (C=O) groups is 1. The number of ether oxygens (including phenoxy) is 1. The minimum absolute atomic E-state index is 0.0264. The smallest absolute Gasteiger partial charge is 0.416 e. The summed E-state index contributed by atoms with van der Waals surface area (Å²) in [7, 11) is 0. The summed E-state index contributed by atoms with van der Waals surface area (Å²) in [4.78, 5) is 11.1. The normalized spacial score (nSPS) is 19.2. The molecule has 0 amide bonds. The van der Waals surface area contributed by atoms with Crippen molar-refractivity contribution in [3.8, 4) is 0 Å². The second-order valence-electron chi connectivity index (χ2n) is 6.32. The number of benzene rings is 2. The van der Waals surface area contributed by atoms with Crippen molar-refractivity contribution in [2.24, 2.45) is 0 Å². The Morgan fingerprint density at radius 1 is 1.25 bits per heavy atom. The first-order chi connectivity index (χ1) is 13.1. The molecule has 1 aliphatic heterocycles. The number of nitrogens with zero attached hydrogens (tertiary/aromatic N) is 2. The quantitative estimate of drug-likeness (QED) is 0.507. The average Bonchev–Trinajstić information content (AvgIpc) is 3.33. The molecular formula is C18H11ClF4N2O3. The summed E-state index contributed by atoms with van der Waals surface area (Å²) in [5.74, 6) is -1.73. The molecule has 0 bridgehead atoms. The van der Waals surface area contributed by atoms with Crippen LogP contribution >= 0.6 is 11.6 Å². The Labute approximate surface area is 160 Å². The fourth-order valence-electron chi connectivity index (χ4n) is 3.03. The van der Waals surface area contributed by atoms with Gasteiger partial charge in [-0.3, -0.25) is 4.68 Å². The van der Waals surface area contributed by atoms with Gasteiger partial charge in [0.15, 0.2) is 6.10 Å². The standard InChI is InChI=1S/C18H11ClF4N2O3/c19-12-6-10(20)3-1-8(12)7-25-13-5-9(18(21,22)23)2-4-11(13)14(24-25)15-16(28-15)17(26)27/h1-6,15-16H,7H2,(H,26,27). The Bertz CT molecular complexity index is 1100. The summed E-state index contributed by atoms with van der Waals surface area (Å²) in [6, 6.07) is 6.76. The molecule has 1 fully saturated rings. The van der Waals surface area contributed by atoms with Crippen LogP contribution in [0.25, 0.3) is 10.9 Å². The van der Waals surface area contributed by atoms with Gasteiger partial charge in [-0.05, 0) is 29.8 Å². The first-order valence-corrected chi connectivity index (χ1v) is 8.43. The van der Waals surface area contributed by atoms with E-state index < -0.39 is 35.7 Å². The lowest BCUT2D eigenvalue weighted by Gasteiger charge is -2.09. The second-order valence-corrected chi connectivity index (χ2v) is 6.73. The highest BCUT2D eigenvalue weighted by atomic mass is 35.5. The Hall–Kier alpha value is -2.65. The molecule has 0 saturated carbocycles. The predicted molar refractivity (Wildman–Crippen MR) is 90.5 cm³/mol. The fraction of sp³-hybridized carbons (Fsp3) is 0.222. The maximum absolute atomic E-state index is 13.3. The van der Waals surface area contributed by atoms with Gasteiger partial charge in [0.25, 0.3) is 0 Å². The van der Waals surface area contributed by atoms with Gasteiger partial charge in [0.2, 0.25) is 0 Å². The summed E-state index contributed by atoms with van der Waals surface area (Å²) in [5, 5.41) is 13.8. The maximum Gasteiger partial charge on any atom is 0.416 e. The van der Waals surface area contributed by atoms with E-state index in [9.17, 15) is 22.4 Å². The molecule has 2 unspecified atom stereocenters. The zero-order valence-corrected chi connectivity index (χ0v) is 14.6. The van der Waals surface area contributed by atoms with Crippen molar-refractivity contribution >= 4 is 28.5 Å². The number of epoxide rings is 1. The van der Waals surface area contributed by atoms with E-state index in [1.54, 1.807) is 0 Å². The SMILES string of the molecule is O=C(O)C1OC1c1nn(Cc2ccc(F)cc2Cl)c2cc(C(F)(F)F)ccc12. The molecule has 28 heavy (non-hydrogen) atoms. The molecular weight excluding hydrogens is 404 g/mol. The molecule has 0 radical (unpaired) electrons. The molecule has 146 valence electrons. The molecule has 1 N–H and O–H groups in total. The molecule has 3 aromatic rings. The zero-order chi connectivity index (χ0) is 20.2. The molecule has 1 aromatic heterocycles. The van der Waals surface area contributed by atoms with Crippen molar-refractivity contribution < 1.29 is 32.2 Å². The molecule has 1 saturated heterocycles. The van der Waals surface area contributed by atoms with Crippen LogP contribution in [-0.2, 0) is 22.3 Å². The molecule has 0 spiro atoms. The molecule has 5 nitrogen and oxygen atoms in total. The van der Waals surface area contributed by atoms with Gasteiger partial charge in [-0.15, -0.1) is 0 Å². The number of carboxylic acid groups (broad SMARTS) is 1. The van der Waals surface area contributed by atoms with Crippen molar-refractivity contribution in [1.29, 1.82) is 0 Å². The van der Waals surface area contributed by atoms with Crippen LogP contribution in [0, 0.1) is 5.82 Å². The van der Waals surface area contributed by atoms with E-state index in [0.29, 0.717) is 10.9 Å². The average molecular weight is 415 g/mol.